The Labute approximate surface area is 97.0 Å². The number of carboxylic acid groups (broad SMARTS) is 1. The number of aliphatic carboxylic acids is 1. The minimum Gasteiger partial charge on any atom is -0.477 e. The number of ether oxygens (including phenoxy) is 1. The molecule has 0 aromatic rings. The lowest BCUT2D eigenvalue weighted by atomic mass is 10.1. The second kappa shape index (κ2) is 7.60. The maximum absolute atomic E-state index is 10.7. The molecule has 0 saturated heterocycles. The minimum absolute atomic E-state index is 0.106. The van der Waals surface area contributed by atoms with Crippen molar-refractivity contribution in [1.82, 2.24) is 4.90 Å². The highest BCUT2D eigenvalue weighted by atomic mass is 16.6. The highest BCUT2D eigenvalue weighted by molar-refractivity contribution is 5.75. The van der Waals surface area contributed by atoms with Gasteiger partial charge in [0.25, 0.3) is 5.79 Å². The first-order chi connectivity index (χ1) is 7.46. The van der Waals surface area contributed by atoms with Gasteiger partial charge in [0.15, 0.2) is 0 Å². The van der Waals surface area contributed by atoms with Crippen LogP contribution in [0, 0.1) is 0 Å². The normalized spacial score (nSPS) is 15.1. The fourth-order valence-corrected chi connectivity index (χ4v) is 1.42. The summed E-state index contributed by atoms with van der Waals surface area (Å²) in [6.07, 6.45) is 2.97. The number of aliphatic hydroxyl groups is 1. The Hall–Kier alpha value is -0.650. The predicted octanol–water partition coefficient (Wildman–Crippen LogP) is 0.918. The van der Waals surface area contributed by atoms with Crippen LogP contribution in [0.25, 0.3) is 0 Å². The van der Waals surface area contributed by atoms with Gasteiger partial charge in [-0.15, -0.1) is 0 Å². The molecule has 1 atom stereocenters. The van der Waals surface area contributed by atoms with Crippen LogP contribution in [0.3, 0.4) is 0 Å². The van der Waals surface area contributed by atoms with Crippen molar-refractivity contribution in [3.8, 4) is 0 Å². The molecule has 0 rings (SSSR count). The van der Waals surface area contributed by atoms with Crippen molar-refractivity contribution in [3.05, 3.63) is 0 Å². The molecule has 96 valence electrons. The van der Waals surface area contributed by atoms with Crippen LogP contribution in [-0.2, 0) is 9.53 Å². The second-order valence-electron chi connectivity index (χ2n) is 4.05. The zero-order valence-electron chi connectivity index (χ0n) is 10.4. The molecular formula is C11H23NO4. The average molecular weight is 233 g/mol. The van der Waals surface area contributed by atoms with Crippen LogP contribution in [0.2, 0.25) is 0 Å². The topological polar surface area (TPSA) is 70.0 Å². The molecule has 0 fully saturated rings. The molecule has 0 radical (unpaired) electrons. The lowest BCUT2D eigenvalue weighted by Crippen LogP contribution is -2.41. The molecule has 0 saturated carbocycles. The molecule has 0 amide bonds. The number of methoxy groups -OCH3 is 1. The van der Waals surface area contributed by atoms with Gasteiger partial charge >= 0.3 is 5.97 Å². The van der Waals surface area contributed by atoms with Crippen LogP contribution < -0.4 is 0 Å². The van der Waals surface area contributed by atoms with Crippen LogP contribution in [0.5, 0.6) is 0 Å². The summed E-state index contributed by atoms with van der Waals surface area (Å²) in [4.78, 5) is 12.8. The van der Waals surface area contributed by atoms with E-state index in [0.717, 1.165) is 25.9 Å². The average Bonchev–Trinajstić information content (AvgIpc) is 2.25. The molecule has 0 bridgehead atoms. The third-order valence-electron chi connectivity index (χ3n) is 2.62. The van der Waals surface area contributed by atoms with E-state index < -0.39 is 11.8 Å². The number of rotatable bonds is 9. The second-order valence-corrected chi connectivity index (χ2v) is 4.05. The fraction of sp³-hybridized carbons (Fsp3) is 0.909. The number of hydrogen-bond donors (Lipinski definition) is 2. The first kappa shape index (κ1) is 15.3. The molecule has 1 unspecified atom stereocenters. The summed E-state index contributed by atoms with van der Waals surface area (Å²) in [7, 11) is 3.19. The van der Waals surface area contributed by atoms with Crippen LogP contribution in [0.1, 0.15) is 32.6 Å². The smallest absolute Gasteiger partial charge is 0.364 e. The maximum Gasteiger partial charge on any atom is 0.364 e. The van der Waals surface area contributed by atoms with Gasteiger partial charge < -0.3 is 19.8 Å². The van der Waals surface area contributed by atoms with Gasteiger partial charge in [-0.3, -0.25) is 0 Å². The highest BCUT2D eigenvalue weighted by Crippen LogP contribution is 2.14. The highest BCUT2D eigenvalue weighted by Gasteiger charge is 2.35. The molecule has 0 aliphatic carbocycles. The molecule has 0 aromatic carbocycles. The third-order valence-corrected chi connectivity index (χ3v) is 2.62. The number of nitrogens with zero attached hydrogens (tertiary/aromatic N) is 1. The van der Waals surface area contributed by atoms with E-state index in [0.29, 0.717) is 6.42 Å². The fourth-order valence-electron chi connectivity index (χ4n) is 1.42. The van der Waals surface area contributed by atoms with E-state index >= 15 is 0 Å². The van der Waals surface area contributed by atoms with Gasteiger partial charge in [0, 0.05) is 13.5 Å². The summed E-state index contributed by atoms with van der Waals surface area (Å²) in [5, 5.41) is 18.3. The zero-order chi connectivity index (χ0) is 12.6. The molecule has 5 nitrogen and oxygen atoms in total. The number of carboxylic acids is 1. The molecular weight excluding hydrogens is 210 g/mol. The van der Waals surface area contributed by atoms with Gasteiger partial charge in [-0.1, -0.05) is 13.3 Å². The lowest BCUT2D eigenvalue weighted by molar-refractivity contribution is -0.216. The van der Waals surface area contributed by atoms with E-state index in [1.807, 2.05) is 7.05 Å². The minimum atomic E-state index is -2.04. The van der Waals surface area contributed by atoms with E-state index in [4.69, 9.17) is 5.11 Å². The van der Waals surface area contributed by atoms with E-state index in [1.165, 1.54) is 7.11 Å². The maximum atomic E-state index is 10.7. The first-order valence-corrected chi connectivity index (χ1v) is 5.65. The molecule has 2 N–H and O–H groups in total. The number of unbranched alkanes of at least 4 members (excludes halogenated alkanes) is 1. The summed E-state index contributed by atoms with van der Waals surface area (Å²) < 4.78 is 4.60. The monoisotopic (exact) mass is 233 g/mol. The van der Waals surface area contributed by atoms with Crippen LogP contribution in [0.4, 0.5) is 0 Å². The van der Waals surface area contributed by atoms with Gasteiger partial charge in [0.2, 0.25) is 0 Å². The Kier molecular flexibility index (Phi) is 7.29. The van der Waals surface area contributed by atoms with Gasteiger partial charge in [0.1, 0.15) is 0 Å². The van der Waals surface area contributed by atoms with Gasteiger partial charge in [-0.2, -0.15) is 0 Å². The SMILES string of the molecule is CCCCN(C)CCCC(O)(OC)C(=O)O. The number of carbonyl (C=O) groups is 1. The summed E-state index contributed by atoms with van der Waals surface area (Å²) in [5.41, 5.74) is 0. The van der Waals surface area contributed by atoms with E-state index in [9.17, 15) is 9.90 Å². The third kappa shape index (κ3) is 5.44. The molecule has 16 heavy (non-hydrogen) atoms. The quantitative estimate of drug-likeness (QED) is 0.579. The van der Waals surface area contributed by atoms with E-state index in [-0.39, 0.29) is 6.42 Å². The summed E-state index contributed by atoms with van der Waals surface area (Å²) in [5.74, 6) is -3.36. The zero-order valence-corrected chi connectivity index (χ0v) is 10.4. The summed E-state index contributed by atoms with van der Waals surface area (Å²) in [6.45, 7) is 3.88. The van der Waals surface area contributed by atoms with E-state index in [1.54, 1.807) is 0 Å². The first-order valence-electron chi connectivity index (χ1n) is 5.65. The van der Waals surface area contributed by atoms with Crippen molar-refractivity contribution in [2.45, 2.75) is 38.4 Å². The van der Waals surface area contributed by atoms with Crippen molar-refractivity contribution in [2.24, 2.45) is 0 Å². The Balaban J connectivity index is 3.82. The molecule has 0 aromatic heterocycles. The van der Waals surface area contributed by atoms with Crippen molar-refractivity contribution in [2.75, 3.05) is 27.2 Å². The Bertz CT molecular complexity index is 210. The standard InChI is InChI=1S/C11H23NO4/c1-4-5-8-12(2)9-6-7-11(15,16-3)10(13)14/h15H,4-9H2,1-3H3,(H,13,14). The van der Waals surface area contributed by atoms with Gasteiger partial charge in [0.05, 0.1) is 0 Å². The molecule has 0 aliphatic rings. The van der Waals surface area contributed by atoms with E-state index in [2.05, 4.69) is 16.6 Å². The Morgan fingerprint density at radius 3 is 2.38 bits per heavy atom. The van der Waals surface area contributed by atoms with Crippen molar-refractivity contribution >= 4 is 5.97 Å². The summed E-state index contributed by atoms with van der Waals surface area (Å²) in [6, 6.07) is 0. The van der Waals surface area contributed by atoms with Crippen LogP contribution >= 0.6 is 0 Å². The van der Waals surface area contributed by atoms with Gasteiger partial charge in [-0.25, -0.2) is 4.79 Å². The predicted molar refractivity (Wildman–Crippen MR) is 61.2 cm³/mol. The van der Waals surface area contributed by atoms with Crippen molar-refractivity contribution in [3.63, 3.8) is 0 Å². The van der Waals surface area contributed by atoms with Crippen molar-refractivity contribution < 1.29 is 19.7 Å². The summed E-state index contributed by atoms with van der Waals surface area (Å²) >= 11 is 0. The Morgan fingerprint density at radius 2 is 1.94 bits per heavy atom. The largest absolute Gasteiger partial charge is 0.477 e. The molecule has 0 aliphatic heterocycles. The Morgan fingerprint density at radius 1 is 1.38 bits per heavy atom. The number of hydrogen-bond acceptors (Lipinski definition) is 4. The van der Waals surface area contributed by atoms with Crippen LogP contribution in [-0.4, -0.2) is 54.1 Å². The van der Waals surface area contributed by atoms with Gasteiger partial charge in [-0.05, 0) is 33.0 Å². The van der Waals surface area contributed by atoms with Crippen molar-refractivity contribution in [1.29, 1.82) is 0 Å². The van der Waals surface area contributed by atoms with Crippen LogP contribution in [0.15, 0.2) is 0 Å². The molecule has 0 spiro atoms. The molecule has 5 heteroatoms. The molecule has 0 heterocycles. The lowest BCUT2D eigenvalue weighted by Gasteiger charge is -2.23.